The van der Waals surface area contributed by atoms with Crippen LogP contribution in [0.1, 0.15) is 6.92 Å². The fourth-order valence-corrected chi connectivity index (χ4v) is 4.91. The molecule has 3 aromatic rings. The third-order valence-corrected chi connectivity index (χ3v) is 6.78. The second-order valence-electron chi connectivity index (χ2n) is 7.89. The van der Waals surface area contributed by atoms with Crippen LogP contribution >= 0.6 is 11.8 Å². The number of piperazine rings is 1. The van der Waals surface area contributed by atoms with Crippen LogP contribution in [-0.2, 0) is 16.1 Å². The summed E-state index contributed by atoms with van der Waals surface area (Å²) < 4.78 is 18.9. The Morgan fingerprint density at radius 3 is 2.53 bits per heavy atom. The maximum absolute atomic E-state index is 12.9. The average molecular weight is 484 g/mol. The number of nitrogens with zero attached hydrogens (tertiary/aromatic N) is 5. The number of hydrogen-bond acceptors (Lipinski definition) is 8. The number of carbonyl (C=O) groups is 2. The summed E-state index contributed by atoms with van der Waals surface area (Å²) in [6.45, 7) is 4.73. The molecule has 0 bridgehead atoms. The zero-order valence-electron chi connectivity index (χ0n) is 18.8. The van der Waals surface area contributed by atoms with E-state index >= 15 is 0 Å². The molecule has 0 radical (unpaired) electrons. The molecular weight excluding hydrogens is 458 g/mol. The van der Waals surface area contributed by atoms with Gasteiger partial charge in [0.05, 0.1) is 12.0 Å². The van der Waals surface area contributed by atoms with Crippen molar-refractivity contribution in [3.05, 3.63) is 42.7 Å². The molecule has 4 heterocycles. The van der Waals surface area contributed by atoms with E-state index in [1.165, 1.54) is 11.8 Å². The van der Waals surface area contributed by atoms with Gasteiger partial charge in [-0.25, -0.2) is 0 Å². The predicted molar refractivity (Wildman–Crippen MR) is 124 cm³/mol. The number of rotatable bonds is 6. The number of para-hydroxylation sites is 2. The first-order valence-electron chi connectivity index (χ1n) is 11.2. The number of furan rings is 1. The van der Waals surface area contributed by atoms with Crippen LogP contribution in [-0.4, -0.2) is 81.0 Å². The van der Waals surface area contributed by atoms with Gasteiger partial charge in [0.15, 0.2) is 28.2 Å². The van der Waals surface area contributed by atoms with Gasteiger partial charge in [-0.1, -0.05) is 23.9 Å². The van der Waals surface area contributed by atoms with Crippen molar-refractivity contribution in [2.75, 3.05) is 38.5 Å². The van der Waals surface area contributed by atoms with Gasteiger partial charge >= 0.3 is 0 Å². The molecule has 2 aliphatic heterocycles. The molecule has 2 aromatic heterocycles. The zero-order chi connectivity index (χ0) is 23.5. The van der Waals surface area contributed by atoms with Gasteiger partial charge in [-0.05, 0) is 31.2 Å². The fraction of sp³-hybridized carbons (Fsp3) is 0.391. The monoisotopic (exact) mass is 483 g/mol. The first kappa shape index (κ1) is 22.3. The molecule has 2 aliphatic rings. The molecule has 0 N–H and O–H groups in total. The van der Waals surface area contributed by atoms with E-state index in [4.69, 9.17) is 13.9 Å². The van der Waals surface area contributed by atoms with Gasteiger partial charge in [0.25, 0.3) is 5.91 Å². The van der Waals surface area contributed by atoms with Gasteiger partial charge in [-0.15, -0.1) is 10.2 Å². The first-order valence-corrected chi connectivity index (χ1v) is 12.2. The second kappa shape index (κ2) is 9.80. The number of carbonyl (C=O) groups excluding carboxylic acids is 2. The number of hydrogen-bond donors (Lipinski definition) is 0. The molecule has 0 spiro atoms. The van der Waals surface area contributed by atoms with Crippen molar-refractivity contribution in [3.8, 4) is 23.1 Å². The largest absolute Gasteiger partial charge is 0.485 e. The minimum atomic E-state index is -0.670. The SMILES string of the molecule is CCn1c(SCC(=O)N2CCN(C(=O)[C@H]3COc4ccccc4O3)CC2)nnc1-c1ccco1. The molecule has 34 heavy (non-hydrogen) atoms. The standard InChI is InChI=1S/C23H25N5O5S/c1-2-28-21(18-8-5-13-31-18)24-25-23(28)34-15-20(29)26-9-11-27(12-10-26)22(30)19-14-32-16-6-3-4-7-17(16)33-19/h3-8,13,19H,2,9-12,14-15H2,1H3/t19-/m1/s1. The summed E-state index contributed by atoms with van der Waals surface area (Å²) in [4.78, 5) is 29.2. The Labute approximate surface area is 200 Å². The Bertz CT molecular complexity index is 1160. The van der Waals surface area contributed by atoms with Crippen LogP contribution in [0.25, 0.3) is 11.6 Å². The normalized spacial score (nSPS) is 17.6. The maximum atomic E-state index is 12.9. The average Bonchev–Trinajstić information content (AvgIpc) is 3.56. The molecule has 11 heteroatoms. The minimum Gasteiger partial charge on any atom is -0.485 e. The molecule has 5 rings (SSSR count). The number of aromatic nitrogens is 3. The molecule has 10 nitrogen and oxygen atoms in total. The van der Waals surface area contributed by atoms with Crippen LogP contribution in [0.5, 0.6) is 11.5 Å². The van der Waals surface area contributed by atoms with Gasteiger partial charge in [0.2, 0.25) is 12.0 Å². The lowest BCUT2D eigenvalue weighted by atomic mass is 10.2. The fourth-order valence-electron chi connectivity index (χ4n) is 4.01. The molecule has 178 valence electrons. The summed E-state index contributed by atoms with van der Waals surface area (Å²) in [5, 5.41) is 9.12. The molecule has 1 fully saturated rings. The molecule has 1 saturated heterocycles. The second-order valence-corrected chi connectivity index (χ2v) is 8.83. The van der Waals surface area contributed by atoms with E-state index < -0.39 is 6.10 Å². The summed E-state index contributed by atoms with van der Waals surface area (Å²) in [7, 11) is 0. The van der Waals surface area contributed by atoms with Gasteiger partial charge in [0, 0.05) is 32.7 Å². The van der Waals surface area contributed by atoms with Gasteiger partial charge in [-0.2, -0.15) is 0 Å². The van der Waals surface area contributed by atoms with Crippen LogP contribution < -0.4 is 9.47 Å². The van der Waals surface area contributed by atoms with Gasteiger partial charge in [0.1, 0.15) is 6.61 Å². The van der Waals surface area contributed by atoms with E-state index in [1.54, 1.807) is 28.2 Å². The Kier molecular flexibility index (Phi) is 6.43. The number of benzene rings is 1. The quantitative estimate of drug-likeness (QED) is 0.492. The highest BCUT2D eigenvalue weighted by atomic mass is 32.2. The number of thioether (sulfide) groups is 1. The van der Waals surface area contributed by atoms with Crippen molar-refractivity contribution in [1.82, 2.24) is 24.6 Å². The third-order valence-electron chi connectivity index (χ3n) is 5.83. The zero-order valence-corrected chi connectivity index (χ0v) is 19.6. The Morgan fingerprint density at radius 2 is 1.79 bits per heavy atom. The molecule has 2 amide bonds. The molecule has 1 atom stereocenters. The summed E-state index contributed by atoms with van der Waals surface area (Å²) in [5.41, 5.74) is 0. The molecule has 1 aromatic carbocycles. The van der Waals surface area contributed by atoms with Gasteiger partial charge < -0.3 is 23.7 Å². The van der Waals surface area contributed by atoms with Crippen LogP contribution in [0.2, 0.25) is 0 Å². The summed E-state index contributed by atoms with van der Waals surface area (Å²) in [6.07, 6.45) is 0.924. The summed E-state index contributed by atoms with van der Waals surface area (Å²) in [5.74, 6) is 2.66. The van der Waals surface area contributed by atoms with Crippen molar-refractivity contribution < 1.29 is 23.5 Å². The van der Waals surface area contributed by atoms with Crippen molar-refractivity contribution in [3.63, 3.8) is 0 Å². The minimum absolute atomic E-state index is 0.00785. The maximum Gasteiger partial charge on any atom is 0.267 e. The Morgan fingerprint density at radius 1 is 1.03 bits per heavy atom. The van der Waals surface area contributed by atoms with E-state index in [0.717, 1.165) is 0 Å². The molecular formula is C23H25N5O5S. The van der Waals surface area contributed by atoms with E-state index in [0.29, 0.717) is 61.0 Å². The van der Waals surface area contributed by atoms with E-state index in [9.17, 15) is 9.59 Å². The smallest absolute Gasteiger partial charge is 0.267 e. The number of amides is 2. The van der Waals surface area contributed by atoms with E-state index in [-0.39, 0.29) is 24.2 Å². The lowest BCUT2D eigenvalue weighted by Crippen LogP contribution is -2.55. The lowest BCUT2D eigenvalue weighted by Gasteiger charge is -2.37. The van der Waals surface area contributed by atoms with Crippen LogP contribution in [0.3, 0.4) is 0 Å². The molecule has 0 unspecified atom stereocenters. The summed E-state index contributed by atoms with van der Waals surface area (Å²) >= 11 is 1.35. The summed E-state index contributed by atoms with van der Waals surface area (Å²) in [6, 6.07) is 11.0. The van der Waals surface area contributed by atoms with E-state index in [1.807, 2.05) is 35.8 Å². The molecule has 0 aliphatic carbocycles. The Hall–Kier alpha value is -3.47. The highest BCUT2D eigenvalue weighted by Crippen LogP contribution is 2.31. The molecule has 0 saturated carbocycles. The predicted octanol–water partition coefficient (Wildman–Crippen LogP) is 2.16. The van der Waals surface area contributed by atoms with Crippen molar-refractivity contribution in [1.29, 1.82) is 0 Å². The van der Waals surface area contributed by atoms with Gasteiger partial charge in [-0.3, -0.25) is 14.2 Å². The van der Waals surface area contributed by atoms with Crippen molar-refractivity contribution in [2.45, 2.75) is 24.7 Å². The van der Waals surface area contributed by atoms with Crippen LogP contribution in [0.15, 0.2) is 52.2 Å². The number of fused-ring (bicyclic) bond motifs is 1. The highest BCUT2D eigenvalue weighted by Gasteiger charge is 2.33. The highest BCUT2D eigenvalue weighted by molar-refractivity contribution is 7.99. The lowest BCUT2D eigenvalue weighted by molar-refractivity contribution is -0.145. The third kappa shape index (κ3) is 4.47. The van der Waals surface area contributed by atoms with Crippen LogP contribution in [0.4, 0.5) is 0 Å². The Balaban J connectivity index is 1.12. The van der Waals surface area contributed by atoms with Crippen molar-refractivity contribution >= 4 is 23.6 Å². The van der Waals surface area contributed by atoms with E-state index in [2.05, 4.69) is 10.2 Å². The van der Waals surface area contributed by atoms with Crippen molar-refractivity contribution in [2.24, 2.45) is 0 Å². The van der Waals surface area contributed by atoms with Crippen LogP contribution in [0, 0.1) is 0 Å². The topological polar surface area (TPSA) is 103 Å². The number of ether oxygens (including phenoxy) is 2. The first-order chi connectivity index (χ1) is 16.6.